The van der Waals surface area contributed by atoms with Gasteiger partial charge in [-0.2, -0.15) is 0 Å². The normalized spacial score (nSPS) is 11.8. The molecule has 0 aliphatic heterocycles. The van der Waals surface area contributed by atoms with Crippen molar-refractivity contribution in [3.05, 3.63) is 0 Å². The van der Waals surface area contributed by atoms with Crippen molar-refractivity contribution in [2.45, 2.75) is 59.4 Å². The molecule has 0 aromatic carbocycles. The fourth-order valence-electron chi connectivity index (χ4n) is 2.41. The Bertz CT molecular complexity index is 605. The average Bonchev–Trinajstić information content (AvgIpc) is 2.67. The maximum atomic E-state index is 12.3. The molecule has 0 aromatic rings. The zero-order chi connectivity index (χ0) is 23.3. The molecule has 30 heavy (non-hydrogen) atoms. The minimum Gasteiger partial charge on any atom is -0.481 e. The Morgan fingerprint density at radius 2 is 1.60 bits per heavy atom. The van der Waals surface area contributed by atoms with Crippen molar-refractivity contribution in [3.63, 3.8) is 0 Å². The summed E-state index contributed by atoms with van der Waals surface area (Å²) in [5.41, 5.74) is 5.63. The van der Waals surface area contributed by atoms with Crippen molar-refractivity contribution in [2.24, 2.45) is 17.6 Å². The third-order valence-electron chi connectivity index (χ3n) is 4.34. The van der Waals surface area contributed by atoms with Crippen LogP contribution in [-0.4, -0.2) is 71.8 Å². The van der Waals surface area contributed by atoms with E-state index in [0.717, 1.165) is 0 Å². The van der Waals surface area contributed by atoms with Crippen molar-refractivity contribution in [1.29, 1.82) is 0 Å². The van der Waals surface area contributed by atoms with E-state index in [1.165, 1.54) is 4.90 Å². The quantitative estimate of drug-likeness (QED) is 0.314. The van der Waals surface area contributed by atoms with E-state index in [4.69, 9.17) is 15.6 Å². The summed E-state index contributed by atoms with van der Waals surface area (Å²) in [5.74, 6) is -2.61. The third-order valence-corrected chi connectivity index (χ3v) is 4.34. The highest BCUT2D eigenvalue weighted by Crippen LogP contribution is 2.04. The fourth-order valence-corrected chi connectivity index (χ4v) is 2.41. The number of carboxylic acids is 1. The molecule has 0 unspecified atom stereocenters. The van der Waals surface area contributed by atoms with Gasteiger partial charge < -0.3 is 25.8 Å². The third kappa shape index (κ3) is 12.2. The predicted molar refractivity (Wildman–Crippen MR) is 109 cm³/mol. The van der Waals surface area contributed by atoms with Crippen LogP contribution in [-0.2, 0) is 28.7 Å². The van der Waals surface area contributed by atoms with E-state index in [-0.39, 0.29) is 75.5 Å². The SMILES string of the molecule is CC(C)C(=O)CCC(=O)OCCN(CCNC(=O)[C@@H](N)CCC(=O)O)C(=O)C(C)C. The van der Waals surface area contributed by atoms with E-state index in [0.29, 0.717) is 0 Å². The number of aliphatic carboxylic acids is 1. The Balaban J connectivity index is 4.43. The zero-order valence-corrected chi connectivity index (χ0v) is 18.3. The lowest BCUT2D eigenvalue weighted by Gasteiger charge is -2.25. The molecule has 0 aliphatic rings. The summed E-state index contributed by atoms with van der Waals surface area (Å²) in [6.07, 6.45) is -0.0650. The molecule has 0 aromatic heterocycles. The number of ketones is 1. The number of carboxylic acid groups (broad SMARTS) is 1. The molecule has 0 fully saturated rings. The van der Waals surface area contributed by atoms with Gasteiger partial charge in [-0.05, 0) is 6.42 Å². The number of nitrogens with zero attached hydrogens (tertiary/aromatic N) is 1. The van der Waals surface area contributed by atoms with Crippen molar-refractivity contribution < 1.29 is 33.8 Å². The molecule has 0 radical (unpaired) electrons. The van der Waals surface area contributed by atoms with E-state index in [1.54, 1.807) is 27.7 Å². The number of Topliss-reactive ketones (excluding diaryl/α,β-unsaturated/α-hetero) is 1. The van der Waals surface area contributed by atoms with Gasteiger partial charge in [-0.3, -0.25) is 24.0 Å². The molecule has 0 saturated carbocycles. The van der Waals surface area contributed by atoms with Gasteiger partial charge in [0.25, 0.3) is 0 Å². The van der Waals surface area contributed by atoms with Gasteiger partial charge in [0.1, 0.15) is 12.4 Å². The second-order valence-corrected chi connectivity index (χ2v) is 7.65. The van der Waals surface area contributed by atoms with Crippen LogP contribution in [0, 0.1) is 11.8 Å². The molecule has 0 aliphatic carbocycles. The molecular formula is C20H35N3O7. The molecule has 0 rings (SSSR count). The number of nitrogens with two attached hydrogens (primary N) is 1. The fraction of sp³-hybridized carbons (Fsp3) is 0.750. The van der Waals surface area contributed by atoms with Gasteiger partial charge in [0.05, 0.1) is 19.0 Å². The predicted octanol–water partition coefficient (Wildman–Crippen LogP) is 0.328. The average molecular weight is 430 g/mol. The lowest BCUT2D eigenvalue weighted by molar-refractivity contribution is -0.147. The van der Waals surface area contributed by atoms with Crippen molar-refractivity contribution >= 4 is 29.5 Å². The van der Waals surface area contributed by atoms with E-state index >= 15 is 0 Å². The van der Waals surface area contributed by atoms with Crippen LogP contribution in [0.25, 0.3) is 0 Å². The first-order valence-corrected chi connectivity index (χ1v) is 10.2. The van der Waals surface area contributed by atoms with Crippen LogP contribution in [0.4, 0.5) is 0 Å². The van der Waals surface area contributed by atoms with Gasteiger partial charge in [0.2, 0.25) is 11.8 Å². The first kappa shape index (κ1) is 27.5. The number of carbonyl (C=O) groups is 5. The van der Waals surface area contributed by atoms with Gasteiger partial charge in [-0.15, -0.1) is 0 Å². The first-order valence-electron chi connectivity index (χ1n) is 10.2. The Labute approximate surface area is 177 Å². The Kier molecular flexibility index (Phi) is 13.3. The molecule has 10 nitrogen and oxygen atoms in total. The molecule has 1 atom stereocenters. The van der Waals surface area contributed by atoms with Gasteiger partial charge >= 0.3 is 11.9 Å². The monoisotopic (exact) mass is 429 g/mol. The van der Waals surface area contributed by atoms with Crippen LogP contribution in [0.1, 0.15) is 53.4 Å². The molecule has 4 N–H and O–H groups in total. The topological polar surface area (TPSA) is 156 Å². The Morgan fingerprint density at radius 3 is 2.13 bits per heavy atom. The molecule has 0 saturated heterocycles. The lowest BCUT2D eigenvalue weighted by Crippen LogP contribution is -2.46. The van der Waals surface area contributed by atoms with Crippen LogP contribution in [0.3, 0.4) is 0 Å². The zero-order valence-electron chi connectivity index (χ0n) is 18.3. The number of carbonyl (C=O) groups excluding carboxylic acids is 4. The van der Waals surface area contributed by atoms with Crippen molar-refractivity contribution in [1.82, 2.24) is 10.2 Å². The second-order valence-electron chi connectivity index (χ2n) is 7.65. The summed E-state index contributed by atoms with van der Waals surface area (Å²) >= 11 is 0. The molecule has 0 spiro atoms. The minimum absolute atomic E-state index is 0.000566. The van der Waals surface area contributed by atoms with Crippen LogP contribution >= 0.6 is 0 Å². The van der Waals surface area contributed by atoms with E-state index in [1.807, 2.05) is 0 Å². The van der Waals surface area contributed by atoms with E-state index in [9.17, 15) is 24.0 Å². The van der Waals surface area contributed by atoms with Crippen molar-refractivity contribution in [2.75, 3.05) is 26.2 Å². The van der Waals surface area contributed by atoms with E-state index < -0.39 is 23.9 Å². The molecule has 0 bridgehead atoms. The second kappa shape index (κ2) is 14.5. The van der Waals surface area contributed by atoms with Crippen LogP contribution in [0.15, 0.2) is 0 Å². The molecule has 0 heterocycles. The summed E-state index contributed by atoms with van der Waals surface area (Å²) in [6.45, 7) is 7.47. The van der Waals surface area contributed by atoms with Gasteiger partial charge in [0.15, 0.2) is 0 Å². The lowest BCUT2D eigenvalue weighted by atomic mass is 10.1. The highest BCUT2D eigenvalue weighted by Gasteiger charge is 2.19. The summed E-state index contributed by atoms with van der Waals surface area (Å²) in [7, 11) is 0. The standard InChI is InChI=1S/C20H35N3O7/c1-13(2)16(24)6-8-18(27)30-12-11-23(20(29)14(3)4)10-9-22-19(28)15(21)5-7-17(25)26/h13-15H,5-12,21H2,1-4H3,(H,22,28)(H,25,26)/t15-/m0/s1. The first-order chi connectivity index (χ1) is 14.0. The van der Waals surface area contributed by atoms with Gasteiger partial charge in [-0.1, -0.05) is 27.7 Å². The highest BCUT2D eigenvalue weighted by atomic mass is 16.5. The minimum atomic E-state index is -1.03. The molecule has 10 heteroatoms. The summed E-state index contributed by atoms with van der Waals surface area (Å²) < 4.78 is 5.10. The maximum absolute atomic E-state index is 12.3. The summed E-state index contributed by atoms with van der Waals surface area (Å²) in [5, 5.41) is 11.2. The van der Waals surface area contributed by atoms with Gasteiger partial charge in [-0.25, -0.2) is 0 Å². The largest absolute Gasteiger partial charge is 0.481 e. The van der Waals surface area contributed by atoms with Crippen LogP contribution in [0.5, 0.6) is 0 Å². The number of ether oxygens (including phenoxy) is 1. The molecular weight excluding hydrogens is 394 g/mol. The maximum Gasteiger partial charge on any atom is 0.306 e. The summed E-state index contributed by atoms with van der Waals surface area (Å²) in [6, 6.07) is -0.940. The number of nitrogens with one attached hydrogen (secondary N) is 1. The number of esters is 1. The highest BCUT2D eigenvalue weighted by molar-refractivity contribution is 5.84. The van der Waals surface area contributed by atoms with Gasteiger partial charge in [0, 0.05) is 37.8 Å². The Hall–Kier alpha value is -2.49. The smallest absolute Gasteiger partial charge is 0.306 e. The number of amides is 2. The van der Waals surface area contributed by atoms with Crippen LogP contribution in [0.2, 0.25) is 0 Å². The molecule has 2 amide bonds. The Morgan fingerprint density at radius 1 is 0.967 bits per heavy atom. The van der Waals surface area contributed by atoms with Crippen LogP contribution < -0.4 is 11.1 Å². The number of rotatable bonds is 15. The number of hydrogen-bond acceptors (Lipinski definition) is 7. The summed E-state index contributed by atoms with van der Waals surface area (Å²) in [4.78, 5) is 59.5. The number of hydrogen-bond donors (Lipinski definition) is 3. The molecule has 172 valence electrons. The van der Waals surface area contributed by atoms with E-state index in [2.05, 4.69) is 5.32 Å². The van der Waals surface area contributed by atoms with Crippen molar-refractivity contribution in [3.8, 4) is 0 Å².